The van der Waals surface area contributed by atoms with Gasteiger partial charge in [-0.2, -0.15) is 5.10 Å². The number of aromatic carboxylic acids is 1. The molecule has 0 unspecified atom stereocenters. The lowest BCUT2D eigenvalue weighted by molar-refractivity contribution is 0.0699. The van der Waals surface area contributed by atoms with Gasteiger partial charge in [0.2, 0.25) is 0 Å². The molecule has 0 amide bonds. The SMILES string of the molecule is O=C(O)c1cc(-c2ccc(Cl)cc2)nc2n[nH]c(-c3ccc(F)cc3)c12. The molecule has 5 nitrogen and oxygen atoms in total. The molecule has 0 saturated heterocycles. The number of halogens is 2. The van der Waals surface area contributed by atoms with Crippen LogP contribution in [0.3, 0.4) is 0 Å². The number of fused-ring (bicyclic) bond motifs is 1. The third kappa shape index (κ3) is 2.80. The van der Waals surface area contributed by atoms with Gasteiger partial charge < -0.3 is 5.11 Å². The number of carboxylic acid groups (broad SMARTS) is 1. The molecule has 2 heterocycles. The first-order valence-corrected chi connectivity index (χ1v) is 8.05. The van der Waals surface area contributed by atoms with Crippen molar-refractivity contribution >= 4 is 28.6 Å². The number of benzene rings is 2. The van der Waals surface area contributed by atoms with Crippen molar-refractivity contribution in [3.05, 3.63) is 71.0 Å². The van der Waals surface area contributed by atoms with Gasteiger partial charge in [0.15, 0.2) is 5.65 Å². The van der Waals surface area contributed by atoms with E-state index in [1.54, 1.807) is 36.4 Å². The Balaban J connectivity index is 1.94. The Morgan fingerprint density at radius 1 is 1.04 bits per heavy atom. The highest BCUT2D eigenvalue weighted by atomic mass is 35.5. The van der Waals surface area contributed by atoms with E-state index in [0.29, 0.717) is 27.4 Å². The van der Waals surface area contributed by atoms with Crippen LogP contribution < -0.4 is 0 Å². The van der Waals surface area contributed by atoms with E-state index in [0.717, 1.165) is 5.56 Å². The number of rotatable bonds is 3. The second-order valence-electron chi connectivity index (χ2n) is 5.67. The van der Waals surface area contributed by atoms with Gasteiger partial charge in [-0.25, -0.2) is 14.2 Å². The Hall–Kier alpha value is -3.25. The molecule has 0 aliphatic carbocycles. The second-order valence-corrected chi connectivity index (χ2v) is 6.11. The van der Waals surface area contributed by atoms with Crippen LogP contribution in [0.1, 0.15) is 10.4 Å². The predicted molar refractivity (Wildman–Crippen MR) is 96.7 cm³/mol. The van der Waals surface area contributed by atoms with Crippen LogP contribution in [-0.4, -0.2) is 26.3 Å². The molecular formula is C19H11ClFN3O2. The van der Waals surface area contributed by atoms with Gasteiger partial charge in [-0.05, 0) is 42.5 Å². The monoisotopic (exact) mass is 367 g/mol. The summed E-state index contributed by atoms with van der Waals surface area (Å²) in [5.74, 6) is -1.48. The summed E-state index contributed by atoms with van der Waals surface area (Å²) in [5, 5.41) is 17.6. The summed E-state index contributed by atoms with van der Waals surface area (Å²) >= 11 is 5.90. The Kier molecular flexibility index (Phi) is 3.89. The molecule has 0 aliphatic heterocycles. The van der Waals surface area contributed by atoms with Crippen LogP contribution in [0.5, 0.6) is 0 Å². The molecule has 2 aromatic carbocycles. The quantitative estimate of drug-likeness (QED) is 0.546. The molecule has 2 aromatic heterocycles. The van der Waals surface area contributed by atoms with E-state index in [1.165, 1.54) is 18.2 Å². The molecule has 0 aliphatic rings. The highest BCUT2D eigenvalue weighted by Gasteiger charge is 2.19. The molecule has 26 heavy (non-hydrogen) atoms. The number of aromatic amines is 1. The second kappa shape index (κ2) is 6.24. The smallest absolute Gasteiger partial charge is 0.336 e. The van der Waals surface area contributed by atoms with Gasteiger partial charge in [0.25, 0.3) is 0 Å². The molecule has 0 fully saturated rings. The van der Waals surface area contributed by atoms with Crippen LogP contribution in [0, 0.1) is 5.82 Å². The number of pyridine rings is 1. The van der Waals surface area contributed by atoms with Crippen LogP contribution in [0.4, 0.5) is 4.39 Å². The lowest BCUT2D eigenvalue weighted by Crippen LogP contribution is -2.00. The highest BCUT2D eigenvalue weighted by molar-refractivity contribution is 6.30. The zero-order valence-electron chi connectivity index (χ0n) is 13.2. The summed E-state index contributed by atoms with van der Waals surface area (Å²) in [6.07, 6.45) is 0. The molecule has 0 atom stereocenters. The van der Waals surface area contributed by atoms with E-state index in [4.69, 9.17) is 11.6 Å². The third-order valence-electron chi connectivity index (χ3n) is 4.03. The van der Waals surface area contributed by atoms with Gasteiger partial charge in [0.05, 0.1) is 22.3 Å². The van der Waals surface area contributed by atoms with Crippen molar-refractivity contribution < 1.29 is 14.3 Å². The molecule has 0 radical (unpaired) electrons. The zero-order valence-corrected chi connectivity index (χ0v) is 14.0. The fourth-order valence-corrected chi connectivity index (χ4v) is 2.91. The molecule has 4 rings (SSSR count). The maximum absolute atomic E-state index is 13.2. The lowest BCUT2D eigenvalue weighted by atomic mass is 10.0. The van der Waals surface area contributed by atoms with E-state index in [-0.39, 0.29) is 17.0 Å². The predicted octanol–water partition coefficient (Wildman–Crippen LogP) is 4.78. The maximum Gasteiger partial charge on any atom is 0.336 e. The maximum atomic E-state index is 13.2. The Labute approximate surface area is 152 Å². The van der Waals surface area contributed by atoms with Crippen LogP contribution in [0.25, 0.3) is 33.5 Å². The number of hydrogen-bond donors (Lipinski definition) is 2. The van der Waals surface area contributed by atoms with E-state index in [1.807, 2.05) is 0 Å². The van der Waals surface area contributed by atoms with Crippen molar-refractivity contribution in [3.8, 4) is 22.5 Å². The number of hydrogen-bond acceptors (Lipinski definition) is 3. The van der Waals surface area contributed by atoms with Gasteiger partial charge >= 0.3 is 5.97 Å². The van der Waals surface area contributed by atoms with Crippen molar-refractivity contribution in [2.24, 2.45) is 0 Å². The van der Waals surface area contributed by atoms with E-state index in [2.05, 4.69) is 15.2 Å². The van der Waals surface area contributed by atoms with Crippen LogP contribution in [0.2, 0.25) is 5.02 Å². The molecule has 0 spiro atoms. The minimum absolute atomic E-state index is 0.0630. The molecular weight excluding hydrogens is 357 g/mol. The molecule has 7 heteroatoms. The number of aromatic nitrogens is 3. The Morgan fingerprint density at radius 2 is 1.69 bits per heavy atom. The molecule has 0 saturated carbocycles. The molecule has 4 aromatic rings. The summed E-state index contributed by atoms with van der Waals surface area (Å²) < 4.78 is 13.2. The summed E-state index contributed by atoms with van der Waals surface area (Å²) in [4.78, 5) is 16.3. The van der Waals surface area contributed by atoms with Gasteiger partial charge in [0.1, 0.15) is 5.82 Å². The van der Waals surface area contributed by atoms with Crippen molar-refractivity contribution in [2.45, 2.75) is 0 Å². The molecule has 2 N–H and O–H groups in total. The first-order valence-electron chi connectivity index (χ1n) is 7.67. The Bertz CT molecular complexity index is 1120. The fourth-order valence-electron chi connectivity index (χ4n) is 2.79. The summed E-state index contributed by atoms with van der Waals surface area (Å²) in [6.45, 7) is 0. The number of nitrogens with zero attached hydrogens (tertiary/aromatic N) is 2. The van der Waals surface area contributed by atoms with Crippen LogP contribution in [-0.2, 0) is 0 Å². The lowest BCUT2D eigenvalue weighted by Gasteiger charge is -2.06. The average molecular weight is 368 g/mol. The van der Waals surface area contributed by atoms with E-state index >= 15 is 0 Å². The van der Waals surface area contributed by atoms with Crippen molar-refractivity contribution in [1.82, 2.24) is 15.2 Å². The largest absolute Gasteiger partial charge is 0.478 e. The fraction of sp³-hybridized carbons (Fsp3) is 0. The Morgan fingerprint density at radius 3 is 2.35 bits per heavy atom. The highest BCUT2D eigenvalue weighted by Crippen LogP contribution is 2.31. The normalized spacial score (nSPS) is 11.0. The summed E-state index contributed by atoms with van der Waals surface area (Å²) in [6, 6.07) is 14.1. The van der Waals surface area contributed by atoms with Crippen molar-refractivity contribution in [1.29, 1.82) is 0 Å². The van der Waals surface area contributed by atoms with Crippen molar-refractivity contribution in [2.75, 3.05) is 0 Å². The first-order chi connectivity index (χ1) is 12.5. The van der Waals surface area contributed by atoms with Gasteiger partial charge in [0, 0.05) is 16.1 Å². The van der Waals surface area contributed by atoms with Crippen LogP contribution in [0.15, 0.2) is 54.6 Å². The summed E-state index contributed by atoms with van der Waals surface area (Å²) in [7, 11) is 0. The minimum Gasteiger partial charge on any atom is -0.478 e. The molecule has 128 valence electrons. The van der Waals surface area contributed by atoms with E-state index < -0.39 is 5.97 Å². The topological polar surface area (TPSA) is 78.9 Å². The standard InChI is InChI=1S/C19H11ClFN3O2/c20-12-5-1-10(2-6-12)15-9-14(19(25)26)16-17(23-24-18(16)22-15)11-3-7-13(21)8-4-11/h1-9H,(H,25,26)(H,22,23,24). The van der Waals surface area contributed by atoms with Gasteiger partial charge in [-0.3, -0.25) is 5.10 Å². The molecule has 0 bridgehead atoms. The van der Waals surface area contributed by atoms with Gasteiger partial charge in [-0.1, -0.05) is 23.7 Å². The number of carboxylic acids is 1. The number of H-pyrrole nitrogens is 1. The van der Waals surface area contributed by atoms with Gasteiger partial charge in [-0.15, -0.1) is 0 Å². The first kappa shape index (κ1) is 16.2. The summed E-state index contributed by atoms with van der Waals surface area (Å²) in [5.41, 5.74) is 2.64. The number of nitrogens with one attached hydrogen (secondary N) is 1. The third-order valence-corrected chi connectivity index (χ3v) is 4.28. The minimum atomic E-state index is -1.10. The average Bonchev–Trinajstić information content (AvgIpc) is 3.06. The van der Waals surface area contributed by atoms with E-state index in [9.17, 15) is 14.3 Å². The van der Waals surface area contributed by atoms with Crippen LogP contribution >= 0.6 is 11.6 Å². The van der Waals surface area contributed by atoms with Crippen molar-refractivity contribution in [3.63, 3.8) is 0 Å². The number of carbonyl (C=O) groups is 1. The zero-order chi connectivity index (χ0) is 18.3.